The Labute approximate surface area is 246 Å². The summed E-state index contributed by atoms with van der Waals surface area (Å²) in [5, 5.41) is 4.59. The molecule has 2 nitrogen and oxygen atoms in total. The van der Waals surface area contributed by atoms with Gasteiger partial charge in [0.25, 0.3) is 0 Å². The van der Waals surface area contributed by atoms with Crippen molar-refractivity contribution in [1.29, 1.82) is 0 Å². The second-order valence-corrected chi connectivity index (χ2v) is 10.7. The topological polar surface area (TPSA) is 15.6 Å². The van der Waals surface area contributed by atoms with Crippen LogP contribution in [0.3, 0.4) is 0 Å². The van der Waals surface area contributed by atoms with Crippen molar-refractivity contribution in [2.45, 2.75) is 6.54 Å². The molecule has 7 rings (SSSR count). The summed E-state index contributed by atoms with van der Waals surface area (Å²) in [5.74, 6) is 0. The highest BCUT2D eigenvalue weighted by Gasteiger charge is 2.25. The zero-order chi connectivity index (χ0) is 28.6. The van der Waals surface area contributed by atoms with Crippen molar-refractivity contribution in [1.82, 2.24) is 0 Å². The molecule has 0 amide bonds. The maximum Gasteiger partial charge on any atom is 0.0859 e. The van der Waals surface area contributed by atoms with E-state index in [-0.39, 0.29) is 0 Å². The molecule has 0 fully saturated rings. The summed E-state index contributed by atoms with van der Waals surface area (Å²) in [5.41, 5.74) is 11.6. The van der Waals surface area contributed by atoms with Gasteiger partial charge in [0, 0.05) is 12.1 Å². The van der Waals surface area contributed by atoms with Crippen LogP contribution in [0.5, 0.6) is 0 Å². The van der Waals surface area contributed by atoms with Crippen LogP contribution in [0.15, 0.2) is 139 Å². The number of para-hydroxylation sites is 2. The van der Waals surface area contributed by atoms with E-state index in [1.54, 1.807) is 6.08 Å². The number of allylic oxidation sites excluding steroid dienone is 1. The van der Waals surface area contributed by atoms with Crippen LogP contribution in [0, 0.1) is 0 Å². The first-order valence-electron chi connectivity index (χ1n) is 14.1. The van der Waals surface area contributed by atoms with Crippen LogP contribution in [0.2, 0.25) is 0 Å². The Kier molecular flexibility index (Phi) is 6.37. The molecule has 200 valence electrons. The average Bonchev–Trinajstić information content (AvgIpc) is 3.04. The van der Waals surface area contributed by atoms with Gasteiger partial charge in [0.15, 0.2) is 0 Å². The van der Waals surface area contributed by atoms with Crippen LogP contribution < -0.4 is 15.3 Å². The number of nitrogens with zero attached hydrogens (tertiary/aromatic N) is 2. The number of hydrogen-bond donors (Lipinski definition) is 0. The summed E-state index contributed by atoms with van der Waals surface area (Å²) in [4.78, 5) is 6.74. The largest absolute Gasteiger partial charge is 0.335 e. The van der Waals surface area contributed by atoms with Crippen LogP contribution in [0.1, 0.15) is 5.56 Å². The van der Waals surface area contributed by atoms with E-state index in [9.17, 15) is 0 Å². The summed E-state index contributed by atoms with van der Waals surface area (Å²) in [6.45, 7) is 12.6. The van der Waals surface area contributed by atoms with Gasteiger partial charge in [0.2, 0.25) is 0 Å². The van der Waals surface area contributed by atoms with Crippen molar-refractivity contribution in [3.05, 3.63) is 150 Å². The lowest BCUT2D eigenvalue weighted by Crippen LogP contribution is -2.22. The van der Waals surface area contributed by atoms with Crippen LogP contribution in [0.4, 0.5) is 17.1 Å². The predicted octanol–water partition coefficient (Wildman–Crippen LogP) is 9.20. The SMILES string of the molecule is C=C/C=c1/cc(-c2ccc(-c3ccc4c(c3)N(c3ccccc3N=C)Cc3cc5ccccc5cc3-4)cc2)ccc1=C. The second-order valence-electron chi connectivity index (χ2n) is 10.7. The molecule has 1 aliphatic rings. The molecule has 0 spiro atoms. The van der Waals surface area contributed by atoms with Gasteiger partial charge in [-0.1, -0.05) is 110 Å². The fourth-order valence-corrected chi connectivity index (χ4v) is 6.04. The maximum atomic E-state index is 4.36. The van der Waals surface area contributed by atoms with Gasteiger partial charge in [-0.2, -0.15) is 0 Å². The first-order chi connectivity index (χ1) is 20.6. The van der Waals surface area contributed by atoms with Gasteiger partial charge in [0.05, 0.1) is 17.1 Å². The molecule has 0 saturated heterocycles. The molecule has 0 radical (unpaired) electrons. The minimum atomic E-state index is 0.758. The Morgan fingerprint density at radius 3 is 2.00 bits per heavy atom. The molecular formula is C40H30N2. The Morgan fingerprint density at radius 2 is 1.26 bits per heavy atom. The van der Waals surface area contributed by atoms with E-state index in [1.807, 2.05) is 18.2 Å². The van der Waals surface area contributed by atoms with Crippen molar-refractivity contribution >= 4 is 47.2 Å². The molecule has 0 saturated carbocycles. The van der Waals surface area contributed by atoms with Crippen LogP contribution in [-0.2, 0) is 6.54 Å². The van der Waals surface area contributed by atoms with E-state index in [2.05, 4.69) is 139 Å². The van der Waals surface area contributed by atoms with Crippen molar-refractivity contribution < 1.29 is 0 Å². The van der Waals surface area contributed by atoms with Gasteiger partial charge in [-0.05, 0) is 97.7 Å². The van der Waals surface area contributed by atoms with Crippen molar-refractivity contribution in [3.63, 3.8) is 0 Å². The Morgan fingerprint density at radius 1 is 0.619 bits per heavy atom. The highest BCUT2D eigenvalue weighted by molar-refractivity contribution is 5.97. The minimum absolute atomic E-state index is 0.758. The van der Waals surface area contributed by atoms with Gasteiger partial charge < -0.3 is 4.90 Å². The fourth-order valence-electron chi connectivity index (χ4n) is 6.04. The number of fused-ring (bicyclic) bond motifs is 4. The molecule has 0 N–H and O–H groups in total. The molecule has 0 bridgehead atoms. The van der Waals surface area contributed by atoms with Gasteiger partial charge >= 0.3 is 0 Å². The Balaban J connectivity index is 1.35. The van der Waals surface area contributed by atoms with Crippen molar-refractivity contribution in [2.24, 2.45) is 4.99 Å². The Hall–Kier alpha value is -5.47. The predicted molar refractivity (Wildman–Crippen MR) is 181 cm³/mol. The minimum Gasteiger partial charge on any atom is -0.335 e. The van der Waals surface area contributed by atoms with Crippen LogP contribution in [0.25, 0.3) is 56.8 Å². The van der Waals surface area contributed by atoms with E-state index in [1.165, 1.54) is 49.8 Å². The molecule has 1 heterocycles. The summed E-state index contributed by atoms with van der Waals surface area (Å²) in [6.07, 6.45) is 3.81. The number of hydrogen-bond acceptors (Lipinski definition) is 2. The average molecular weight is 539 g/mol. The monoisotopic (exact) mass is 538 g/mol. The van der Waals surface area contributed by atoms with Gasteiger partial charge in [0.1, 0.15) is 0 Å². The standard InChI is InChI=1S/C40H30N2/c1-4-9-30-22-33(15-14-27(30)2)28-16-18-29(19-17-28)34-20-21-36-37-24-32-11-6-5-10-31(32)23-35(37)26-42(40(36)25-34)39-13-8-7-12-38(39)41-3/h4-25H,1-3,26H2/b30-9-. The quantitative estimate of drug-likeness (QED) is 0.200. The number of aliphatic imine (C=N–C) groups is 1. The van der Waals surface area contributed by atoms with E-state index >= 15 is 0 Å². The number of benzene rings is 6. The van der Waals surface area contributed by atoms with Gasteiger partial charge in [-0.3, -0.25) is 4.99 Å². The molecule has 0 aliphatic carbocycles. The molecule has 1 aliphatic heterocycles. The number of anilines is 2. The number of rotatable bonds is 5. The summed E-state index contributed by atoms with van der Waals surface area (Å²) in [6, 6.07) is 43.5. The van der Waals surface area contributed by atoms with E-state index in [0.717, 1.165) is 33.9 Å². The highest BCUT2D eigenvalue weighted by Crippen LogP contribution is 2.47. The lowest BCUT2D eigenvalue weighted by molar-refractivity contribution is 0.963. The summed E-state index contributed by atoms with van der Waals surface area (Å²) in [7, 11) is 0. The molecule has 0 atom stereocenters. The zero-order valence-electron chi connectivity index (χ0n) is 23.4. The molecule has 0 aromatic heterocycles. The van der Waals surface area contributed by atoms with E-state index < -0.39 is 0 Å². The van der Waals surface area contributed by atoms with Crippen molar-refractivity contribution in [2.75, 3.05) is 4.90 Å². The van der Waals surface area contributed by atoms with E-state index in [4.69, 9.17) is 0 Å². The van der Waals surface area contributed by atoms with Gasteiger partial charge in [-0.15, -0.1) is 0 Å². The van der Waals surface area contributed by atoms with Crippen LogP contribution >= 0.6 is 0 Å². The molecule has 2 heteroatoms. The molecule has 0 unspecified atom stereocenters. The van der Waals surface area contributed by atoms with Gasteiger partial charge in [-0.25, -0.2) is 0 Å². The smallest absolute Gasteiger partial charge is 0.0859 e. The highest BCUT2D eigenvalue weighted by atomic mass is 15.2. The van der Waals surface area contributed by atoms with Crippen molar-refractivity contribution in [3.8, 4) is 33.4 Å². The fraction of sp³-hybridized carbons (Fsp3) is 0.0250. The lowest BCUT2D eigenvalue weighted by Gasteiger charge is -2.34. The molecular weight excluding hydrogens is 508 g/mol. The normalized spacial score (nSPS) is 12.6. The van der Waals surface area contributed by atoms with Crippen LogP contribution in [-0.4, -0.2) is 6.72 Å². The zero-order valence-corrected chi connectivity index (χ0v) is 23.4. The third kappa shape index (κ3) is 4.44. The van der Waals surface area contributed by atoms with E-state index in [0.29, 0.717) is 0 Å². The summed E-state index contributed by atoms with van der Waals surface area (Å²) >= 11 is 0. The second kappa shape index (κ2) is 10.5. The summed E-state index contributed by atoms with van der Waals surface area (Å²) < 4.78 is 0. The third-order valence-corrected chi connectivity index (χ3v) is 8.22. The molecule has 6 aromatic carbocycles. The maximum absolute atomic E-state index is 4.36. The first kappa shape index (κ1) is 25.5. The first-order valence-corrected chi connectivity index (χ1v) is 14.1. The lowest BCUT2D eigenvalue weighted by atomic mass is 9.88. The molecule has 42 heavy (non-hydrogen) atoms. The molecule has 6 aromatic rings. The third-order valence-electron chi connectivity index (χ3n) is 8.22. The Bertz CT molecular complexity index is 2120.